The zero-order valence-corrected chi connectivity index (χ0v) is 24.2. The second-order valence-electron chi connectivity index (χ2n) is 6.93. The van der Waals surface area contributed by atoms with Crippen LogP contribution in [0.5, 0.6) is 0 Å². The van der Waals surface area contributed by atoms with Gasteiger partial charge in [-0.15, -0.1) is 0 Å². The van der Waals surface area contributed by atoms with Crippen molar-refractivity contribution in [1.82, 2.24) is 0 Å². The van der Waals surface area contributed by atoms with E-state index in [0.717, 1.165) is 0 Å². The number of rotatable bonds is 16. The molecule has 0 bridgehead atoms. The Bertz CT molecular complexity index is 825. The molecule has 0 amide bonds. The van der Waals surface area contributed by atoms with Gasteiger partial charge < -0.3 is 36.2 Å². The normalized spacial score (nSPS) is 13.4. The molecule has 1 aromatic carbocycles. The van der Waals surface area contributed by atoms with E-state index < -0.39 is 30.4 Å². The lowest BCUT2D eigenvalue weighted by atomic mass is 10.0. The molecule has 12 nitrogen and oxygen atoms in total. The molecule has 0 radical (unpaired) electrons. The quantitative estimate of drug-likeness (QED) is 0.229. The average Bonchev–Trinajstić information content (AvgIpc) is 2.85. The lowest BCUT2D eigenvalue weighted by Crippen LogP contribution is -2.07. The molecule has 1 rings (SSSR count). The second-order valence-corrected chi connectivity index (χ2v) is 16.0. The largest absolute Gasteiger partial charge is 0.334 e. The third-order valence-electron chi connectivity index (χ3n) is 5.20. The minimum Gasteiger partial charge on any atom is -0.312 e. The van der Waals surface area contributed by atoms with Crippen molar-refractivity contribution in [2.24, 2.45) is 0 Å². The summed E-state index contributed by atoms with van der Waals surface area (Å²) in [4.78, 5) is 0. The highest BCUT2D eigenvalue weighted by atomic mass is 31.2. The molecule has 0 spiro atoms. The summed E-state index contributed by atoms with van der Waals surface area (Å²) in [6.45, 7) is 0. The summed E-state index contributed by atoms with van der Waals surface area (Å²) in [6.07, 6.45) is -0.807. The fourth-order valence-corrected chi connectivity index (χ4v) is 7.50. The highest BCUT2D eigenvalue weighted by Gasteiger charge is 2.32. The van der Waals surface area contributed by atoms with Crippen LogP contribution in [0.4, 0.5) is 0 Å². The van der Waals surface area contributed by atoms with Gasteiger partial charge in [0.2, 0.25) is 0 Å². The third kappa shape index (κ3) is 8.45. The van der Waals surface area contributed by atoms with Gasteiger partial charge >= 0.3 is 30.4 Å². The summed E-state index contributed by atoms with van der Waals surface area (Å²) in [6, 6.07) is 3.15. The molecule has 0 saturated heterocycles. The first kappa shape index (κ1) is 31.8. The molecule has 0 aromatic heterocycles. The van der Waals surface area contributed by atoms with E-state index in [-0.39, 0.29) is 24.6 Å². The fourth-order valence-electron chi connectivity index (χ4n) is 3.03. The first-order chi connectivity index (χ1) is 15.8. The Balaban J connectivity index is 3.86. The van der Waals surface area contributed by atoms with Gasteiger partial charge in [0.1, 0.15) is 0 Å². The topological polar surface area (TPSA) is 142 Å². The maximum Gasteiger partial charge on any atom is 0.334 e. The molecule has 0 saturated carbocycles. The van der Waals surface area contributed by atoms with Crippen LogP contribution in [0.1, 0.15) is 22.3 Å². The lowest BCUT2D eigenvalue weighted by Gasteiger charge is -2.24. The van der Waals surface area contributed by atoms with Gasteiger partial charge in [0, 0.05) is 56.9 Å². The van der Waals surface area contributed by atoms with Crippen molar-refractivity contribution in [1.29, 1.82) is 0 Å². The predicted octanol–water partition coefficient (Wildman–Crippen LogP) is 5.63. The molecule has 0 N–H and O–H groups in total. The SMILES string of the molecule is COP(=O)(Cc1cc(CP(=O)(OC)OC)c(CP(=O)(OC)OC)cc1CP(=O)(OC)OC)OC. The molecule has 0 fully saturated rings. The van der Waals surface area contributed by atoms with Gasteiger partial charge in [-0.3, -0.25) is 18.3 Å². The zero-order chi connectivity index (χ0) is 26.2. The molecule has 0 atom stereocenters. The summed E-state index contributed by atoms with van der Waals surface area (Å²) in [5, 5.41) is 0. The molecule has 198 valence electrons. The van der Waals surface area contributed by atoms with Gasteiger partial charge in [0.15, 0.2) is 0 Å². The van der Waals surface area contributed by atoms with E-state index in [9.17, 15) is 18.3 Å². The van der Waals surface area contributed by atoms with Gasteiger partial charge in [0.25, 0.3) is 0 Å². The summed E-state index contributed by atoms with van der Waals surface area (Å²) in [7, 11) is -4.35. The van der Waals surface area contributed by atoms with Crippen molar-refractivity contribution in [3.8, 4) is 0 Å². The summed E-state index contributed by atoms with van der Waals surface area (Å²) in [5.74, 6) is 0. The molecule has 1 aromatic rings. The fraction of sp³-hybridized carbons (Fsp3) is 0.667. The van der Waals surface area contributed by atoms with Crippen molar-refractivity contribution in [3.63, 3.8) is 0 Å². The van der Waals surface area contributed by atoms with Crippen molar-refractivity contribution >= 4 is 30.4 Å². The molecule has 16 heteroatoms. The monoisotopic (exact) mass is 566 g/mol. The third-order valence-corrected chi connectivity index (χ3v) is 12.6. The standard InChI is InChI=1S/C18H34O12P4/c1-23-31(19,24-2)11-15-9-17(13-33(21,27-5)28-6)18(14-34(22,29-7)30-8)10-16(15)12-32(20,25-3)26-4/h9-10H,11-14H2,1-8H3. The van der Waals surface area contributed by atoms with E-state index in [1.807, 2.05) is 0 Å². The Morgan fingerprint density at radius 3 is 0.676 bits per heavy atom. The molecule has 0 aliphatic rings. The van der Waals surface area contributed by atoms with Crippen LogP contribution in [0.25, 0.3) is 0 Å². The van der Waals surface area contributed by atoms with Crippen LogP contribution in [-0.4, -0.2) is 56.9 Å². The average molecular weight is 566 g/mol. The zero-order valence-electron chi connectivity index (χ0n) is 20.7. The molecule has 0 unspecified atom stereocenters. The van der Waals surface area contributed by atoms with Crippen LogP contribution in [0.15, 0.2) is 12.1 Å². The van der Waals surface area contributed by atoms with Crippen LogP contribution in [0.3, 0.4) is 0 Å². The van der Waals surface area contributed by atoms with E-state index in [4.69, 9.17) is 36.2 Å². The number of hydrogen-bond donors (Lipinski definition) is 0. The molecule has 0 aliphatic heterocycles. The molecular formula is C18H34O12P4. The predicted molar refractivity (Wildman–Crippen MR) is 128 cm³/mol. The second kappa shape index (κ2) is 13.4. The van der Waals surface area contributed by atoms with Crippen molar-refractivity contribution in [2.45, 2.75) is 24.6 Å². The van der Waals surface area contributed by atoms with Crippen LogP contribution >= 0.6 is 30.4 Å². The smallest absolute Gasteiger partial charge is 0.312 e. The highest BCUT2D eigenvalue weighted by molar-refractivity contribution is 7.54. The number of hydrogen-bond acceptors (Lipinski definition) is 12. The maximum atomic E-state index is 12.9. The van der Waals surface area contributed by atoms with Crippen LogP contribution in [0.2, 0.25) is 0 Å². The van der Waals surface area contributed by atoms with E-state index >= 15 is 0 Å². The highest BCUT2D eigenvalue weighted by Crippen LogP contribution is 2.57. The Hall–Kier alpha value is -0.180. The van der Waals surface area contributed by atoms with Gasteiger partial charge in [0.05, 0.1) is 24.6 Å². The molecular weight excluding hydrogens is 532 g/mol. The maximum absolute atomic E-state index is 12.9. The Morgan fingerprint density at radius 1 is 0.412 bits per heavy atom. The summed E-state index contributed by atoms with van der Waals surface area (Å²) in [5.41, 5.74) is 1.62. The van der Waals surface area contributed by atoms with E-state index in [1.165, 1.54) is 56.9 Å². The van der Waals surface area contributed by atoms with Gasteiger partial charge in [-0.05, 0) is 22.3 Å². The Kier molecular flexibility index (Phi) is 12.5. The van der Waals surface area contributed by atoms with Crippen molar-refractivity contribution < 1.29 is 54.5 Å². The summed E-state index contributed by atoms with van der Waals surface area (Å²) >= 11 is 0. The van der Waals surface area contributed by atoms with E-state index in [1.54, 1.807) is 12.1 Å². The van der Waals surface area contributed by atoms with Crippen LogP contribution < -0.4 is 0 Å². The van der Waals surface area contributed by atoms with Crippen LogP contribution in [0, 0.1) is 0 Å². The van der Waals surface area contributed by atoms with Gasteiger partial charge in [-0.1, -0.05) is 12.1 Å². The molecule has 0 heterocycles. The minimum absolute atomic E-state index is 0.202. The number of benzene rings is 1. The molecule has 0 aliphatic carbocycles. The van der Waals surface area contributed by atoms with Crippen LogP contribution in [-0.2, 0) is 79.1 Å². The van der Waals surface area contributed by atoms with E-state index in [2.05, 4.69) is 0 Å². The minimum atomic E-state index is -3.57. The summed E-state index contributed by atoms with van der Waals surface area (Å²) < 4.78 is 92.3. The van der Waals surface area contributed by atoms with Gasteiger partial charge in [-0.2, -0.15) is 0 Å². The van der Waals surface area contributed by atoms with E-state index in [0.29, 0.717) is 22.3 Å². The lowest BCUT2D eigenvalue weighted by molar-refractivity contribution is 0.271. The first-order valence-corrected chi connectivity index (χ1v) is 16.7. The van der Waals surface area contributed by atoms with Crippen molar-refractivity contribution in [2.75, 3.05) is 56.9 Å². The molecule has 34 heavy (non-hydrogen) atoms. The van der Waals surface area contributed by atoms with Gasteiger partial charge in [-0.25, -0.2) is 0 Å². The van der Waals surface area contributed by atoms with Crippen molar-refractivity contribution in [3.05, 3.63) is 34.4 Å². The Morgan fingerprint density at radius 2 is 0.559 bits per heavy atom. The Labute approximate surface area is 201 Å². The first-order valence-electron chi connectivity index (χ1n) is 9.79.